The molecule has 2 rings (SSSR count). The summed E-state index contributed by atoms with van der Waals surface area (Å²) in [6.07, 6.45) is -0.194. The number of benzene rings is 1. The molecule has 1 aliphatic rings. The molecule has 0 saturated heterocycles. The van der Waals surface area contributed by atoms with Crippen molar-refractivity contribution >= 4 is 0 Å². The van der Waals surface area contributed by atoms with Crippen molar-refractivity contribution in [3.8, 4) is 0 Å². The summed E-state index contributed by atoms with van der Waals surface area (Å²) in [4.78, 5) is 0. The highest BCUT2D eigenvalue weighted by Gasteiger charge is 2.42. The molecule has 4 heteroatoms. The molecule has 1 nitrogen and oxygen atoms in total. The molecule has 1 aliphatic carbocycles. The van der Waals surface area contributed by atoms with Gasteiger partial charge in [0.25, 0.3) is 0 Å². The van der Waals surface area contributed by atoms with E-state index in [0.29, 0.717) is 0 Å². The van der Waals surface area contributed by atoms with Crippen molar-refractivity contribution in [1.82, 2.24) is 5.32 Å². The smallest absolute Gasteiger partial charge is 0.316 e. The van der Waals surface area contributed by atoms with Gasteiger partial charge >= 0.3 is 6.18 Å². The topological polar surface area (TPSA) is 12.0 Å². The fraction of sp³-hybridized carbons (Fsp3) is 0.600. The summed E-state index contributed by atoms with van der Waals surface area (Å²) in [6, 6.07) is 5.74. The summed E-state index contributed by atoms with van der Waals surface area (Å²) in [5, 5.41) is 3.38. The summed E-state index contributed by atoms with van der Waals surface area (Å²) in [5.74, 6) is 0. The number of halogens is 3. The molecule has 0 atom stereocenters. The molecule has 0 unspecified atom stereocenters. The van der Waals surface area contributed by atoms with Crippen LogP contribution in [0, 0.1) is 5.41 Å². The summed E-state index contributed by atoms with van der Waals surface area (Å²) >= 11 is 0. The Balaban J connectivity index is 1.99. The highest BCUT2D eigenvalue weighted by atomic mass is 19.4. The van der Waals surface area contributed by atoms with Crippen molar-refractivity contribution in [1.29, 1.82) is 0 Å². The molecule has 0 heterocycles. The molecule has 1 aromatic carbocycles. The highest BCUT2D eigenvalue weighted by molar-refractivity contribution is 5.27. The van der Waals surface area contributed by atoms with E-state index < -0.39 is 11.7 Å². The first kappa shape index (κ1) is 14.4. The van der Waals surface area contributed by atoms with Gasteiger partial charge in [0, 0.05) is 6.54 Å². The number of rotatable bonds is 6. The molecule has 1 N–H and O–H groups in total. The van der Waals surface area contributed by atoms with Gasteiger partial charge in [-0.3, -0.25) is 0 Å². The zero-order chi connectivity index (χ0) is 13.9. The lowest BCUT2D eigenvalue weighted by molar-refractivity contribution is -0.137. The van der Waals surface area contributed by atoms with Crippen LogP contribution >= 0.6 is 0 Å². The van der Waals surface area contributed by atoms with Crippen molar-refractivity contribution in [2.45, 2.75) is 38.8 Å². The van der Waals surface area contributed by atoms with Gasteiger partial charge in [-0.25, -0.2) is 0 Å². The Morgan fingerprint density at radius 1 is 1.26 bits per heavy atom. The fourth-order valence-electron chi connectivity index (χ4n) is 2.41. The van der Waals surface area contributed by atoms with Crippen LogP contribution in [0.3, 0.4) is 0 Å². The second kappa shape index (κ2) is 5.53. The predicted molar refractivity (Wildman–Crippen MR) is 70.0 cm³/mol. The Morgan fingerprint density at radius 3 is 2.58 bits per heavy atom. The normalized spacial score (nSPS) is 17.5. The van der Waals surface area contributed by atoms with Crippen molar-refractivity contribution in [3.05, 3.63) is 35.4 Å². The minimum atomic E-state index is -4.24. The lowest BCUT2D eigenvalue weighted by Crippen LogP contribution is -2.26. The van der Waals surface area contributed by atoms with Gasteiger partial charge in [-0.05, 0) is 49.3 Å². The van der Waals surface area contributed by atoms with E-state index in [2.05, 4.69) is 12.2 Å². The molecule has 0 radical (unpaired) electrons. The van der Waals surface area contributed by atoms with E-state index in [0.717, 1.165) is 50.4 Å². The fourth-order valence-corrected chi connectivity index (χ4v) is 2.41. The number of alkyl halides is 3. The lowest BCUT2D eigenvalue weighted by atomic mass is 9.95. The third-order valence-electron chi connectivity index (χ3n) is 3.72. The van der Waals surface area contributed by atoms with Crippen LogP contribution < -0.4 is 5.32 Å². The Morgan fingerprint density at radius 2 is 2.00 bits per heavy atom. The molecule has 0 aromatic heterocycles. The number of nitrogens with one attached hydrogen (secondary N) is 1. The van der Waals surface area contributed by atoms with Gasteiger partial charge in [-0.15, -0.1) is 0 Å². The van der Waals surface area contributed by atoms with E-state index in [4.69, 9.17) is 0 Å². The Bertz CT molecular complexity index is 422. The summed E-state index contributed by atoms with van der Waals surface area (Å²) in [6.45, 7) is 4.00. The summed E-state index contributed by atoms with van der Waals surface area (Å²) in [5.41, 5.74) is 0.451. The molecule has 1 aromatic rings. The van der Waals surface area contributed by atoms with Crippen LogP contribution in [0.4, 0.5) is 13.2 Å². The first-order chi connectivity index (χ1) is 8.95. The number of hydrogen-bond acceptors (Lipinski definition) is 1. The zero-order valence-electron chi connectivity index (χ0n) is 11.2. The molecule has 19 heavy (non-hydrogen) atoms. The second-order valence-electron chi connectivity index (χ2n) is 5.55. The standard InChI is InChI=1S/C15H20F3N/c1-2-8-19-11-14(6-7-14)10-12-4-3-5-13(9-12)15(16,17)18/h3-5,9,19H,2,6-8,10-11H2,1H3. The highest BCUT2D eigenvalue weighted by Crippen LogP contribution is 2.48. The first-order valence-electron chi connectivity index (χ1n) is 6.82. The second-order valence-corrected chi connectivity index (χ2v) is 5.55. The largest absolute Gasteiger partial charge is 0.416 e. The van der Waals surface area contributed by atoms with Crippen LogP contribution in [0.2, 0.25) is 0 Å². The number of hydrogen-bond donors (Lipinski definition) is 1. The monoisotopic (exact) mass is 271 g/mol. The molecular weight excluding hydrogens is 251 g/mol. The van der Waals surface area contributed by atoms with Gasteiger partial charge < -0.3 is 5.32 Å². The molecular formula is C15H20F3N. The van der Waals surface area contributed by atoms with Crippen LogP contribution in [0.5, 0.6) is 0 Å². The maximum absolute atomic E-state index is 12.7. The molecule has 1 saturated carbocycles. The zero-order valence-corrected chi connectivity index (χ0v) is 11.2. The van der Waals surface area contributed by atoms with E-state index in [1.165, 1.54) is 12.1 Å². The van der Waals surface area contributed by atoms with Crippen LogP contribution in [0.25, 0.3) is 0 Å². The molecule has 1 fully saturated rings. The molecule has 0 amide bonds. The van der Waals surface area contributed by atoms with Crippen molar-refractivity contribution in [2.24, 2.45) is 5.41 Å². The quantitative estimate of drug-likeness (QED) is 0.770. The van der Waals surface area contributed by atoms with E-state index in [-0.39, 0.29) is 5.41 Å². The van der Waals surface area contributed by atoms with Crippen molar-refractivity contribution in [3.63, 3.8) is 0 Å². The van der Waals surface area contributed by atoms with Gasteiger partial charge in [0.1, 0.15) is 0 Å². The van der Waals surface area contributed by atoms with Crippen molar-refractivity contribution in [2.75, 3.05) is 13.1 Å². The van der Waals surface area contributed by atoms with E-state index in [9.17, 15) is 13.2 Å². The maximum Gasteiger partial charge on any atom is 0.416 e. The van der Waals surface area contributed by atoms with Crippen LogP contribution in [0.1, 0.15) is 37.3 Å². The Kier molecular flexibility index (Phi) is 4.19. The molecule has 0 aliphatic heterocycles. The minimum absolute atomic E-state index is 0.194. The maximum atomic E-state index is 12.7. The summed E-state index contributed by atoms with van der Waals surface area (Å²) in [7, 11) is 0. The molecule has 0 bridgehead atoms. The Labute approximate surface area is 112 Å². The lowest BCUT2D eigenvalue weighted by Gasteiger charge is -2.17. The molecule has 0 spiro atoms. The first-order valence-corrected chi connectivity index (χ1v) is 6.82. The third kappa shape index (κ3) is 3.96. The van der Waals surface area contributed by atoms with Crippen LogP contribution in [-0.2, 0) is 12.6 Å². The minimum Gasteiger partial charge on any atom is -0.316 e. The average Bonchev–Trinajstić information content (AvgIpc) is 3.09. The predicted octanol–water partition coefficient (Wildman–Crippen LogP) is 4.03. The molecule has 106 valence electrons. The van der Waals surface area contributed by atoms with Gasteiger partial charge in [0.15, 0.2) is 0 Å². The van der Waals surface area contributed by atoms with Gasteiger partial charge in [0.2, 0.25) is 0 Å². The van der Waals surface area contributed by atoms with E-state index in [1.807, 2.05) is 0 Å². The van der Waals surface area contributed by atoms with Gasteiger partial charge in [-0.1, -0.05) is 25.1 Å². The van der Waals surface area contributed by atoms with Gasteiger partial charge in [-0.2, -0.15) is 13.2 Å². The van der Waals surface area contributed by atoms with Gasteiger partial charge in [0.05, 0.1) is 5.56 Å². The third-order valence-corrected chi connectivity index (χ3v) is 3.72. The van der Waals surface area contributed by atoms with Crippen LogP contribution in [0.15, 0.2) is 24.3 Å². The van der Waals surface area contributed by atoms with E-state index >= 15 is 0 Å². The Hall–Kier alpha value is -1.03. The van der Waals surface area contributed by atoms with E-state index in [1.54, 1.807) is 6.07 Å². The van der Waals surface area contributed by atoms with Crippen molar-refractivity contribution < 1.29 is 13.2 Å². The SMILES string of the molecule is CCCNCC1(Cc2cccc(C(F)(F)F)c2)CC1. The van der Waals surface area contributed by atoms with Crippen LogP contribution in [-0.4, -0.2) is 13.1 Å². The average molecular weight is 271 g/mol. The summed E-state index contributed by atoms with van der Waals surface area (Å²) < 4.78 is 38.0.